The Kier molecular flexibility index (Phi) is 7.65. The number of anilines is 1. The van der Waals surface area contributed by atoms with Crippen molar-refractivity contribution in [3.63, 3.8) is 0 Å². The molecule has 196 valence electrons. The van der Waals surface area contributed by atoms with Gasteiger partial charge in [0, 0.05) is 28.9 Å². The minimum atomic E-state index is -5.20. The number of amides is 2. The third-order valence-electron chi connectivity index (χ3n) is 6.25. The van der Waals surface area contributed by atoms with Crippen LogP contribution in [0.1, 0.15) is 30.5 Å². The lowest BCUT2D eigenvalue weighted by molar-refractivity contribution is -0.173. The molecule has 3 aromatic rings. The molecule has 0 aliphatic carbocycles. The van der Waals surface area contributed by atoms with Crippen molar-refractivity contribution in [2.45, 2.75) is 44.5 Å². The highest BCUT2D eigenvalue weighted by molar-refractivity contribution is 5.99. The summed E-state index contributed by atoms with van der Waals surface area (Å²) in [6.07, 6.45) is -5.36. The Balaban J connectivity index is 1.63. The number of carbonyl (C=O) groups excluding carboxylic acids is 2. The number of aryl methyl sites for hydroxylation is 1. The average molecular weight is 518 g/mol. The van der Waals surface area contributed by atoms with Crippen molar-refractivity contribution in [3.8, 4) is 5.75 Å². The van der Waals surface area contributed by atoms with Crippen LogP contribution in [-0.4, -0.2) is 46.9 Å². The summed E-state index contributed by atoms with van der Waals surface area (Å²) in [6.45, 7) is 2.06. The van der Waals surface area contributed by atoms with E-state index in [1.165, 1.54) is 29.7 Å². The molecule has 2 heterocycles. The van der Waals surface area contributed by atoms with E-state index in [0.717, 1.165) is 22.2 Å². The largest absolute Gasteiger partial charge is 0.489 e. The van der Waals surface area contributed by atoms with E-state index in [2.05, 4.69) is 4.98 Å². The standard InChI is InChI=1S/C26H26F3N3O5/c1-17-13-18(21-5-2-3-6-22(21)30-17)15-37-20-9-7-19(8-10-20)32(24(34)26(27,28)29)25(14-23(33)31-35)11-4-12-36-16-25/h2-3,5-10,13,35H,4,11-12,14-16H2,1H3,(H,31,33). The zero-order valence-corrected chi connectivity index (χ0v) is 20.0. The fourth-order valence-corrected chi connectivity index (χ4v) is 4.67. The monoisotopic (exact) mass is 517 g/mol. The van der Waals surface area contributed by atoms with E-state index in [1.54, 1.807) is 0 Å². The normalized spacial score (nSPS) is 17.9. The van der Waals surface area contributed by atoms with Crippen LogP contribution >= 0.6 is 0 Å². The molecule has 1 aliphatic rings. The smallest absolute Gasteiger partial charge is 0.471 e. The zero-order chi connectivity index (χ0) is 26.6. The van der Waals surface area contributed by atoms with E-state index in [1.807, 2.05) is 37.3 Å². The first kappa shape index (κ1) is 26.4. The fraction of sp³-hybridized carbons (Fsp3) is 0.346. The Hall–Kier alpha value is -3.70. The van der Waals surface area contributed by atoms with Gasteiger partial charge in [-0.25, -0.2) is 5.48 Å². The van der Waals surface area contributed by atoms with Crippen LogP contribution in [0.4, 0.5) is 18.9 Å². The highest BCUT2D eigenvalue weighted by Gasteiger charge is 2.52. The van der Waals surface area contributed by atoms with E-state index in [0.29, 0.717) is 17.1 Å². The number of hydrogen-bond donors (Lipinski definition) is 2. The maximum atomic E-state index is 13.7. The number of rotatable bonds is 7. The Bertz CT molecular complexity index is 1270. The number of nitrogens with zero attached hydrogens (tertiary/aromatic N) is 2. The van der Waals surface area contributed by atoms with Crippen molar-refractivity contribution >= 4 is 28.4 Å². The molecular weight excluding hydrogens is 491 g/mol. The van der Waals surface area contributed by atoms with Crippen molar-refractivity contribution in [3.05, 3.63) is 65.9 Å². The minimum absolute atomic E-state index is 0.0730. The summed E-state index contributed by atoms with van der Waals surface area (Å²) >= 11 is 0. The summed E-state index contributed by atoms with van der Waals surface area (Å²) in [4.78, 5) is 29.7. The molecule has 0 spiro atoms. The first-order chi connectivity index (χ1) is 17.6. The van der Waals surface area contributed by atoms with Crippen LogP contribution in [0.25, 0.3) is 10.9 Å². The maximum absolute atomic E-state index is 13.7. The van der Waals surface area contributed by atoms with Gasteiger partial charge in [0.15, 0.2) is 0 Å². The second-order valence-electron chi connectivity index (χ2n) is 8.95. The van der Waals surface area contributed by atoms with Crippen molar-refractivity contribution in [1.82, 2.24) is 10.5 Å². The Morgan fingerprint density at radius 2 is 1.92 bits per heavy atom. The molecule has 8 nitrogen and oxygen atoms in total. The quantitative estimate of drug-likeness (QED) is 0.355. The molecule has 0 saturated carbocycles. The topological polar surface area (TPSA) is 101 Å². The van der Waals surface area contributed by atoms with Crippen molar-refractivity contribution < 1.29 is 37.4 Å². The van der Waals surface area contributed by atoms with Crippen LogP contribution in [-0.2, 0) is 20.9 Å². The summed E-state index contributed by atoms with van der Waals surface area (Å²) in [5, 5.41) is 9.94. The molecule has 1 fully saturated rings. The number of ether oxygens (including phenoxy) is 2. The average Bonchev–Trinajstić information content (AvgIpc) is 2.88. The van der Waals surface area contributed by atoms with Crippen molar-refractivity contribution in [2.24, 2.45) is 0 Å². The van der Waals surface area contributed by atoms with Crippen LogP contribution in [0.5, 0.6) is 5.75 Å². The first-order valence-electron chi connectivity index (χ1n) is 11.6. The van der Waals surface area contributed by atoms with E-state index < -0.39 is 30.0 Å². The highest BCUT2D eigenvalue weighted by Crippen LogP contribution is 2.38. The van der Waals surface area contributed by atoms with Crippen LogP contribution in [0.3, 0.4) is 0 Å². The molecular formula is C26H26F3N3O5. The molecule has 1 aliphatic heterocycles. The number of halogens is 3. The van der Waals surface area contributed by atoms with Gasteiger partial charge in [-0.2, -0.15) is 13.2 Å². The molecule has 2 aromatic carbocycles. The van der Waals surface area contributed by atoms with Crippen LogP contribution in [0, 0.1) is 6.92 Å². The lowest BCUT2D eigenvalue weighted by Crippen LogP contribution is -2.61. The second kappa shape index (κ2) is 10.7. The van der Waals surface area contributed by atoms with E-state index in [4.69, 9.17) is 14.7 Å². The number of para-hydroxylation sites is 1. The molecule has 11 heteroatoms. The first-order valence-corrected chi connectivity index (χ1v) is 11.6. The number of nitrogens with one attached hydrogen (secondary N) is 1. The molecule has 2 amide bonds. The van der Waals surface area contributed by atoms with Gasteiger partial charge in [0.25, 0.3) is 0 Å². The van der Waals surface area contributed by atoms with Gasteiger partial charge in [0.2, 0.25) is 5.91 Å². The number of pyridine rings is 1. The molecule has 37 heavy (non-hydrogen) atoms. The number of benzene rings is 2. The maximum Gasteiger partial charge on any atom is 0.471 e. The van der Waals surface area contributed by atoms with E-state index in [9.17, 15) is 22.8 Å². The van der Waals surface area contributed by atoms with Gasteiger partial charge in [0.05, 0.1) is 24.1 Å². The summed E-state index contributed by atoms with van der Waals surface area (Å²) < 4.78 is 52.3. The summed E-state index contributed by atoms with van der Waals surface area (Å²) in [5.41, 5.74) is 2.28. The van der Waals surface area contributed by atoms with Crippen molar-refractivity contribution in [1.29, 1.82) is 0 Å². The Labute approximate surface area is 211 Å². The Morgan fingerprint density at radius 3 is 2.57 bits per heavy atom. The molecule has 1 unspecified atom stereocenters. The molecule has 1 aromatic heterocycles. The number of hydroxylamine groups is 1. The van der Waals surface area contributed by atoms with Gasteiger partial charge in [0.1, 0.15) is 12.4 Å². The molecule has 0 radical (unpaired) electrons. The van der Waals surface area contributed by atoms with Crippen LogP contribution in [0.2, 0.25) is 0 Å². The molecule has 0 bridgehead atoms. The predicted octanol–water partition coefficient (Wildman–Crippen LogP) is 4.46. The van der Waals surface area contributed by atoms with Crippen LogP contribution < -0.4 is 15.1 Å². The van der Waals surface area contributed by atoms with E-state index >= 15 is 0 Å². The molecule has 2 N–H and O–H groups in total. The number of hydrogen-bond acceptors (Lipinski definition) is 6. The molecule has 1 atom stereocenters. The molecule has 1 saturated heterocycles. The second-order valence-corrected chi connectivity index (χ2v) is 8.95. The van der Waals surface area contributed by atoms with Gasteiger partial charge in [-0.3, -0.25) is 24.7 Å². The number of fused-ring (bicyclic) bond motifs is 1. The fourth-order valence-electron chi connectivity index (χ4n) is 4.67. The van der Waals surface area contributed by atoms with E-state index in [-0.39, 0.29) is 31.9 Å². The minimum Gasteiger partial charge on any atom is -0.489 e. The molecule has 4 rings (SSSR count). The number of alkyl halides is 3. The lowest BCUT2D eigenvalue weighted by Gasteiger charge is -2.45. The third kappa shape index (κ3) is 5.83. The van der Waals surface area contributed by atoms with Gasteiger partial charge < -0.3 is 9.47 Å². The Morgan fingerprint density at radius 1 is 1.19 bits per heavy atom. The lowest BCUT2D eigenvalue weighted by atomic mass is 9.85. The number of carbonyl (C=O) groups is 2. The summed E-state index contributed by atoms with van der Waals surface area (Å²) in [7, 11) is 0. The number of aromatic nitrogens is 1. The summed E-state index contributed by atoms with van der Waals surface area (Å²) in [6, 6.07) is 15.1. The van der Waals surface area contributed by atoms with Crippen LogP contribution in [0.15, 0.2) is 54.6 Å². The SMILES string of the molecule is Cc1cc(COc2ccc(N(C(=O)C(F)(F)F)C3(CC(=O)NO)CCCOC3)cc2)c2ccccc2n1. The van der Waals surface area contributed by atoms with Gasteiger partial charge in [-0.15, -0.1) is 0 Å². The highest BCUT2D eigenvalue weighted by atomic mass is 19.4. The van der Waals surface area contributed by atoms with Gasteiger partial charge >= 0.3 is 12.1 Å². The van der Waals surface area contributed by atoms with Gasteiger partial charge in [-0.05, 0) is 56.2 Å². The zero-order valence-electron chi connectivity index (χ0n) is 20.0. The summed E-state index contributed by atoms with van der Waals surface area (Å²) in [5.74, 6) is -2.68. The third-order valence-corrected chi connectivity index (χ3v) is 6.25. The van der Waals surface area contributed by atoms with Gasteiger partial charge in [-0.1, -0.05) is 18.2 Å². The predicted molar refractivity (Wildman–Crippen MR) is 128 cm³/mol. The van der Waals surface area contributed by atoms with Crippen molar-refractivity contribution in [2.75, 3.05) is 18.1 Å².